The summed E-state index contributed by atoms with van der Waals surface area (Å²) in [7, 11) is 0. The van der Waals surface area contributed by atoms with Gasteiger partial charge in [0.1, 0.15) is 11.4 Å². The standard InChI is InChI=1S/C18H18N6O2S/c1-2-26-18(25)15(17-21-23-24-22-17)11-20-16-13(7-6-10-19-16)12-27-14-8-4-3-5-9-14/h3-11H,2,12H2,1H3,(H,19,20)(H,21,22,23,24). The van der Waals surface area contributed by atoms with Crippen LogP contribution in [0.15, 0.2) is 59.8 Å². The summed E-state index contributed by atoms with van der Waals surface area (Å²) in [6.45, 7) is 1.98. The Morgan fingerprint density at radius 3 is 2.85 bits per heavy atom. The van der Waals surface area contributed by atoms with Crippen LogP contribution in [0.5, 0.6) is 0 Å². The van der Waals surface area contributed by atoms with Crippen LogP contribution < -0.4 is 5.32 Å². The SMILES string of the molecule is CCOC(=O)C(=CNc1ncccc1CSc1ccccc1)c1nn[nH]n1. The predicted molar refractivity (Wildman–Crippen MR) is 103 cm³/mol. The van der Waals surface area contributed by atoms with Crippen molar-refractivity contribution < 1.29 is 9.53 Å². The van der Waals surface area contributed by atoms with E-state index >= 15 is 0 Å². The van der Waals surface area contributed by atoms with Gasteiger partial charge in [-0.3, -0.25) is 0 Å². The summed E-state index contributed by atoms with van der Waals surface area (Å²) in [6, 6.07) is 14.0. The number of rotatable bonds is 8. The topological polar surface area (TPSA) is 106 Å². The number of nitrogens with zero attached hydrogens (tertiary/aromatic N) is 4. The molecule has 3 aromatic rings. The van der Waals surface area contributed by atoms with Crippen LogP contribution in [0.3, 0.4) is 0 Å². The molecular formula is C18H18N6O2S. The van der Waals surface area contributed by atoms with Crippen LogP contribution in [0.25, 0.3) is 5.57 Å². The number of hydrogen-bond donors (Lipinski definition) is 2. The molecule has 138 valence electrons. The molecule has 0 saturated heterocycles. The van der Waals surface area contributed by atoms with Gasteiger partial charge in [-0.15, -0.1) is 22.0 Å². The normalized spacial score (nSPS) is 11.2. The number of hydrogen-bond acceptors (Lipinski definition) is 8. The van der Waals surface area contributed by atoms with E-state index < -0.39 is 5.97 Å². The number of carbonyl (C=O) groups is 1. The van der Waals surface area contributed by atoms with Crippen molar-refractivity contribution in [3.05, 3.63) is 66.2 Å². The number of benzene rings is 1. The number of esters is 1. The van der Waals surface area contributed by atoms with E-state index in [4.69, 9.17) is 4.74 Å². The fraction of sp³-hybridized carbons (Fsp3) is 0.167. The van der Waals surface area contributed by atoms with Crippen molar-refractivity contribution in [3.8, 4) is 0 Å². The van der Waals surface area contributed by atoms with Gasteiger partial charge in [-0.05, 0) is 30.3 Å². The molecule has 2 N–H and O–H groups in total. The van der Waals surface area contributed by atoms with E-state index in [1.807, 2.05) is 30.3 Å². The van der Waals surface area contributed by atoms with Crippen LogP contribution in [0.1, 0.15) is 18.3 Å². The minimum Gasteiger partial charge on any atom is -0.462 e. The molecule has 2 aromatic heterocycles. The summed E-state index contributed by atoms with van der Waals surface area (Å²) < 4.78 is 5.06. The molecule has 0 radical (unpaired) electrons. The molecule has 0 aliphatic rings. The molecule has 0 spiro atoms. The molecule has 0 atom stereocenters. The number of pyridine rings is 1. The Labute approximate surface area is 160 Å². The number of aromatic amines is 1. The predicted octanol–water partition coefficient (Wildman–Crippen LogP) is 2.90. The van der Waals surface area contributed by atoms with E-state index in [0.717, 1.165) is 11.3 Å². The molecule has 0 fully saturated rings. The number of H-pyrrole nitrogens is 1. The fourth-order valence-electron chi connectivity index (χ4n) is 2.20. The summed E-state index contributed by atoms with van der Waals surface area (Å²) in [5.74, 6) is 0.983. The first-order valence-electron chi connectivity index (χ1n) is 8.27. The second-order valence-corrected chi connectivity index (χ2v) is 6.32. The molecular weight excluding hydrogens is 364 g/mol. The van der Waals surface area contributed by atoms with Crippen LogP contribution in [-0.2, 0) is 15.3 Å². The largest absolute Gasteiger partial charge is 0.462 e. The molecule has 27 heavy (non-hydrogen) atoms. The highest BCUT2D eigenvalue weighted by Crippen LogP contribution is 2.25. The van der Waals surface area contributed by atoms with E-state index in [-0.39, 0.29) is 18.0 Å². The molecule has 0 bridgehead atoms. The van der Waals surface area contributed by atoms with Crippen molar-refractivity contribution in [2.75, 3.05) is 11.9 Å². The Balaban J connectivity index is 1.77. The van der Waals surface area contributed by atoms with Gasteiger partial charge in [0.15, 0.2) is 0 Å². The highest BCUT2D eigenvalue weighted by molar-refractivity contribution is 7.98. The van der Waals surface area contributed by atoms with Crippen molar-refractivity contribution in [1.29, 1.82) is 0 Å². The third kappa shape index (κ3) is 5.14. The van der Waals surface area contributed by atoms with Crippen LogP contribution in [0.2, 0.25) is 0 Å². The zero-order valence-electron chi connectivity index (χ0n) is 14.6. The maximum Gasteiger partial charge on any atom is 0.343 e. The Bertz CT molecular complexity index is 899. The highest BCUT2D eigenvalue weighted by atomic mass is 32.2. The minimum atomic E-state index is -0.539. The van der Waals surface area contributed by atoms with Gasteiger partial charge in [-0.1, -0.05) is 24.3 Å². The Morgan fingerprint density at radius 2 is 2.11 bits per heavy atom. The first kappa shape index (κ1) is 18.6. The monoisotopic (exact) mass is 382 g/mol. The average molecular weight is 382 g/mol. The fourth-order valence-corrected chi connectivity index (χ4v) is 3.11. The summed E-state index contributed by atoms with van der Waals surface area (Å²) in [4.78, 5) is 17.7. The third-order valence-electron chi connectivity index (χ3n) is 3.46. The molecule has 8 nitrogen and oxygen atoms in total. The lowest BCUT2D eigenvalue weighted by molar-refractivity contribution is -0.136. The van der Waals surface area contributed by atoms with Gasteiger partial charge in [0.2, 0.25) is 5.82 Å². The minimum absolute atomic E-state index is 0.150. The summed E-state index contributed by atoms with van der Waals surface area (Å²) in [5, 5.41) is 16.6. The van der Waals surface area contributed by atoms with Gasteiger partial charge < -0.3 is 10.1 Å². The van der Waals surface area contributed by atoms with Crippen molar-refractivity contribution in [2.24, 2.45) is 0 Å². The second kappa shape index (κ2) is 9.48. The molecule has 1 aromatic carbocycles. The van der Waals surface area contributed by atoms with Gasteiger partial charge in [-0.2, -0.15) is 5.21 Å². The number of carbonyl (C=O) groups excluding carboxylic acids is 1. The molecule has 0 unspecified atom stereocenters. The van der Waals surface area contributed by atoms with E-state index in [0.29, 0.717) is 5.82 Å². The zero-order chi connectivity index (χ0) is 18.9. The molecule has 0 saturated carbocycles. The van der Waals surface area contributed by atoms with Crippen LogP contribution in [0.4, 0.5) is 5.82 Å². The molecule has 2 heterocycles. The number of tetrazole rings is 1. The van der Waals surface area contributed by atoms with E-state index in [9.17, 15) is 4.79 Å². The van der Waals surface area contributed by atoms with Gasteiger partial charge in [-0.25, -0.2) is 9.78 Å². The van der Waals surface area contributed by atoms with Crippen molar-refractivity contribution in [2.45, 2.75) is 17.6 Å². The quantitative estimate of drug-likeness (QED) is 0.348. The van der Waals surface area contributed by atoms with E-state index in [1.165, 1.54) is 11.1 Å². The van der Waals surface area contributed by atoms with Gasteiger partial charge in [0, 0.05) is 28.6 Å². The molecule has 0 aliphatic heterocycles. The summed E-state index contributed by atoms with van der Waals surface area (Å²) in [6.07, 6.45) is 3.17. The van der Waals surface area contributed by atoms with Gasteiger partial charge in [0.05, 0.1) is 6.61 Å². The Kier molecular flexibility index (Phi) is 6.53. The molecule has 0 amide bonds. The number of nitrogens with one attached hydrogen (secondary N) is 2. The van der Waals surface area contributed by atoms with Gasteiger partial charge in [0.25, 0.3) is 0 Å². The molecule has 0 aliphatic carbocycles. The Morgan fingerprint density at radius 1 is 1.26 bits per heavy atom. The summed E-state index contributed by atoms with van der Waals surface area (Å²) in [5.41, 5.74) is 1.16. The number of anilines is 1. The Hall–Kier alpha value is -3.20. The lowest BCUT2D eigenvalue weighted by atomic mass is 10.2. The van der Waals surface area contributed by atoms with Crippen molar-refractivity contribution in [1.82, 2.24) is 25.6 Å². The first-order valence-corrected chi connectivity index (χ1v) is 9.26. The maximum absolute atomic E-state index is 12.2. The lowest BCUT2D eigenvalue weighted by Gasteiger charge is -2.09. The molecule has 9 heteroatoms. The first-order chi connectivity index (χ1) is 13.3. The van der Waals surface area contributed by atoms with Crippen molar-refractivity contribution >= 4 is 29.1 Å². The van der Waals surface area contributed by atoms with Crippen LogP contribution >= 0.6 is 11.8 Å². The smallest absolute Gasteiger partial charge is 0.343 e. The third-order valence-corrected chi connectivity index (χ3v) is 4.52. The highest BCUT2D eigenvalue weighted by Gasteiger charge is 2.18. The number of thioether (sulfide) groups is 1. The van der Waals surface area contributed by atoms with Crippen LogP contribution in [-0.4, -0.2) is 38.2 Å². The zero-order valence-corrected chi connectivity index (χ0v) is 15.4. The van der Waals surface area contributed by atoms with Crippen LogP contribution in [0, 0.1) is 0 Å². The van der Waals surface area contributed by atoms with Gasteiger partial charge >= 0.3 is 5.97 Å². The second-order valence-electron chi connectivity index (χ2n) is 5.27. The van der Waals surface area contributed by atoms with E-state index in [2.05, 4.69) is 43.1 Å². The lowest BCUT2D eigenvalue weighted by Crippen LogP contribution is -2.10. The molecule has 3 rings (SSSR count). The number of aromatic nitrogens is 5. The van der Waals surface area contributed by atoms with E-state index in [1.54, 1.807) is 24.9 Å². The van der Waals surface area contributed by atoms with Crippen molar-refractivity contribution in [3.63, 3.8) is 0 Å². The average Bonchev–Trinajstić information content (AvgIpc) is 3.23. The summed E-state index contributed by atoms with van der Waals surface area (Å²) >= 11 is 1.70. The number of ether oxygens (including phenoxy) is 1. The maximum atomic E-state index is 12.2.